The predicted molar refractivity (Wildman–Crippen MR) is 122 cm³/mol. The van der Waals surface area contributed by atoms with Crippen molar-refractivity contribution in [1.29, 1.82) is 0 Å². The summed E-state index contributed by atoms with van der Waals surface area (Å²) in [6.45, 7) is 5.67. The summed E-state index contributed by atoms with van der Waals surface area (Å²) in [7, 11) is 0. The molecule has 32 heavy (non-hydrogen) atoms. The minimum absolute atomic E-state index is 0.128. The van der Waals surface area contributed by atoms with E-state index in [1.807, 2.05) is 4.90 Å². The van der Waals surface area contributed by atoms with Gasteiger partial charge in [0.15, 0.2) is 0 Å². The largest absolute Gasteiger partial charge is 0.390 e. The maximum Gasteiger partial charge on any atom is 0.270 e. The van der Waals surface area contributed by atoms with E-state index in [0.717, 1.165) is 57.6 Å². The molecule has 2 N–H and O–H groups in total. The van der Waals surface area contributed by atoms with Crippen molar-refractivity contribution in [1.82, 2.24) is 25.1 Å². The quantitative estimate of drug-likeness (QED) is 0.654. The van der Waals surface area contributed by atoms with Crippen LogP contribution in [-0.4, -0.2) is 75.5 Å². The molecule has 8 nitrogen and oxygen atoms in total. The Balaban J connectivity index is 1.23. The third kappa shape index (κ3) is 5.90. The van der Waals surface area contributed by atoms with Crippen LogP contribution in [0.2, 0.25) is 0 Å². The topological polar surface area (TPSA) is 98.7 Å². The zero-order valence-electron chi connectivity index (χ0n) is 18.5. The molecule has 0 spiro atoms. The number of likely N-dealkylation sites (tertiary alicyclic amines) is 1. The van der Waals surface area contributed by atoms with Gasteiger partial charge in [-0.05, 0) is 54.7 Å². The molecule has 1 fully saturated rings. The summed E-state index contributed by atoms with van der Waals surface area (Å²) in [4.78, 5) is 38.0. The van der Waals surface area contributed by atoms with E-state index in [0.29, 0.717) is 18.2 Å². The van der Waals surface area contributed by atoms with Crippen molar-refractivity contribution in [2.24, 2.45) is 5.92 Å². The Kier molecular flexibility index (Phi) is 7.49. The first-order valence-electron chi connectivity index (χ1n) is 11.3. The van der Waals surface area contributed by atoms with E-state index in [1.54, 1.807) is 24.3 Å². The van der Waals surface area contributed by atoms with Gasteiger partial charge in [-0.1, -0.05) is 0 Å². The lowest BCUT2D eigenvalue weighted by Gasteiger charge is -2.31. The molecule has 2 amide bonds. The van der Waals surface area contributed by atoms with Crippen molar-refractivity contribution in [2.75, 3.05) is 32.7 Å². The van der Waals surface area contributed by atoms with Crippen molar-refractivity contribution in [2.45, 2.75) is 45.3 Å². The highest BCUT2D eigenvalue weighted by molar-refractivity contribution is 7.10. The van der Waals surface area contributed by atoms with E-state index in [1.165, 1.54) is 16.8 Å². The van der Waals surface area contributed by atoms with Crippen molar-refractivity contribution < 1.29 is 14.7 Å². The molecule has 1 atom stereocenters. The van der Waals surface area contributed by atoms with Crippen LogP contribution in [0.5, 0.6) is 0 Å². The van der Waals surface area contributed by atoms with Gasteiger partial charge >= 0.3 is 0 Å². The molecule has 4 heterocycles. The molecule has 0 saturated carbocycles. The molecule has 1 saturated heterocycles. The zero-order valence-corrected chi connectivity index (χ0v) is 19.3. The van der Waals surface area contributed by atoms with Crippen molar-refractivity contribution >= 4 is 23.2 Å². The molecule has 9 heteroatoms. The number of β-amino-alcohol motifs (C(OH)–C–C–N with tert-alkyl or cyclic N) is 1. The van der Waals surface area contributed by atoms with Crippen molar-refractivity contribution in [3.8, 4) is 0 Å². The number of carbonyl (C=O) groups excluding carboxylic acids is 2. The standard InChI is InChI=1S/C23H31N5O3S/c1-16(29)28-7-2-17(3-8-28)10-19-11-21(26-15-25-19)23(31)24-12-20(30)14-27-6-4-22-18(13-27)5-9-32-22/h5,9,11,15,17,20,30H,2-4,6-8,10,12-14H2,1H3,(H,24,31)/t20-/m0/s1. The predicted octanol–water partition coefficient (Wildman–Crippen LogP) is 1.49. The summed E-state index contributed by atoms with van der Waals surface area (Å²) in [5, 5.41) is 15.3. The first-order valence-corrected chi connectivity index (χ1v) is 12.2. The second-order valence-corrected chi connectivity index (χ2v) is 9.77. The van der Waals surface area contributed by atoms with Gasteiger partial charge in [0.05, 0.1) is 6.10 Å². The van der Waals surface area contributed by atoms with Crippen LogP contribution in [0.3, 0.4) is 0 Å². The number of thiophene rings is 1. The maximum atomic E-state index is 12.6. The molecule has 2 aliphatic rings. The monoisotopic (exact) mass is 457 g/mol. The average Bonchev–Trinajstić information content (AvgIpc) is 3.26. The Hall–Kier alpha value is -2.36. The highest BCUT2D eigenvalue weighted by Crippen LogP contribution is 2.24. The normalized spacial score (nSPS) is 18.2. The van der Waals surface area contributed by atoms with E-state index in [2.05, 4.69) is 31.6 Å². The van der Waals surface area contributed by atoms with Crippen LogP contribution in [-0.2, 0) is 24.2 Å². The van der Waals surface area contributed by atoms with Crippen LogP contribution in [0.15, 0.2) is 23.8 Å². The van der Waals surface area contributed by atoms with Gasteiger partial charge in [0.25, 0.3) is 5.91 Å². The van der Waals surface area contributed by atoms with Crippen molar-refractivity contribution in [3.63, 3.8) is 0 Å². The SMILES string of the molecule is CC(=O)N1CCC(Cc2cc(C(=O)NC[C@H](O)CN3CCc4sccc4C3)ncn2)CC1. The number of aromatic nitrogens is 2. The van der Waals surface area contributed by atoms with Crippen LogP contribution >= 0.6 is 11.3 Å². The second kappa shape index (κ2) is 10.5. The summed E-state index contributed by atoms with van der Waals surface area (Å²) in [5.41, 5.74) is 2.51. The van der Waals surface area contributed by atoms with Gasteiger partial charge in [-0.15, -0.1) is 11.3 Å². The molecule has 0 unspecified atom stereocenters. The number of aliphatic hydroxyl groups is 1. The van der Waals surface area contributed by atoms with Gasteiger partial charge in [0.2, 0.25) is 5.91 Å². The smallest absolute Gasteiger partial charge is 0.270 e. The Morgan fingerprint density at radius 3 is 2.88 bits per heavy atom. The molecule has 4 rings (SSSR count). The number of amides is 2. The van der Waals surface area contributed by atoms with E-state index in [4.69, 9.17) is 0 Å². The first-order chi connectivity index (χ1) is 15.5. The molecule has 0 aliphatic carbocycles. The lowest BCUT2D eigenvalue weighted by Crippen LogP contribution is -2.42. The number of piperidine rings is 1. The third-order valence-electron chi connectivity index (χ3n) is 6.37. The van der Waals surface area contributed by atoms with E-state index >= 15 is 0 Å². The molecule has 172 valence electrons. The molecule has 2 aromatic rings. The number of hydrogen-bond donors (Lipinski definition) is 2. The lowest BCUT2D eigenvalue weighted by atomic mass is 9.92. The van der Waals surface area contributed by atoms with E-state index < -0.39 is 6.10 Å². The van der Waals surface area contributed by atoms with Crippen molar-refractivity contribution in [3.05, 3.63) is 45.7 Å². The summed E-state index contributed by atoms with van der Waals surface area (Å²) >= 11 is 1.80. The van der Waals surface area contributed by atoms with Crippen LogP contribution < -0.4 is 5.32 Å². The summed E-state index contributed by atoms with van der Waals surface area (Å²) in [6.07, 6.45) is 4.48. The minimum atomic E-state index is -0.632. The Morgan fingerprint density at radius 2 is 2.09 bits per heavy atom. The van der Waals surface area contributed by atoms with Gasteiger partial charge in [-0.25, -0.2) is 9.97 Å². The Bertz CT molecular complexity index is 941. The average molecular weight is 458 g/mol. The molecule has 0 aromatic carbocycles. The van der Waals surface area contributed by atoms with E-state index in [9.17, 15) is 14.7 Å². The van der Waals surface area contributed by atoms with Crippen LogP contribution in [0.1, 0.15) is 46.4 Å². The highest BCUT2D eigenvalue weighted by atomic mass is 32.1. The number of fused-ring (bicyclic) bond motifs is 1. The lowest BCUT2D eigenvalue weighted by molar-refractivity contribution is -0.130. The molecule has 2 aliphatic heterocycles. The fraction of sp³-hybridized carbons (Fsp3) is 0.565. The van der Waals surface area contributed by atoms with Crippen LogP contribution in [0, 0.1) is 5.92 Å². The summed E-state index contributed by atoms with van der Waals surface area (Å²) in [6, 6.07) is 3.89. The molecule has 0 bridgehead atoms. The fourth-order valence-electron chi connectivity index (χ4n) is 4.51. The van der Waals surface area contributed by atoms with Gasteiger partial charge in [0, 0.05) is 56.8 Å². The fourth-order valence-corrected chi connectivity index (χ4v) is 5.40. The molecular formula is C23H31N5O3S. The summed E-state index contributed by atoms with van der Waals surface area (Å²) < 4.78 is 0. The highest BCUT2D eigenvalue weighted by Gasteiger charge is 2.22. The zero-order chi connectivity index (χ0) is 22.5. The van der Waals surface area contributed by atoms with Crippen LogP contribution in [0.25, 0.3) is 0 Å². The number of rotatable bonds is 7. The number of nitrogens with one attached hydrogen (secondary N) is 1. The maximum absolute atomic E-state index is 12.6. The number of aliphatic hydroxyl groups excluding tert-OH is 1. The second-order valence-electron chi connectivity index (χ2n) is 8.77. The molecule has 2 aromatic heterocycles. The number of nitrogens with zero attached hydrogens (tertiary/aromatic N) is 4. The number of hydrogen-bond acceptors (Lipinski definition) is 7. The van der Waals surface area contributed by atoms with Crippen LogP contribution in [0.4, 0.5) is 0 Å². The minimum Gasteiger partial charge on any atom is -0.390 e. The Morgan fingerprint density at radius 1 is 1.28 bits per heavy atom. The molecule has 0 radical (unpaired) electrons. The Labute approximate surface area is 192 Å². The van der Waals surface area contributed by atoms with Gasteiger partial charge in [0.1, 0.15) is 12.0 Å². The van der Waals surface area contributed by atoms with Gasteiger partial charge < -0.3 is 15.3 Å². The van der Waals surface area contributed by atoms with Gasteiger partial charge in [-0.2, -0.15) is 0 Å². The first kappa shape index (κ1) is 22.8. The molecular weight excluding hydrogens is 426 g/mol. The van der Waals surface area contributed by atoms with Gasteiger partial charge in [-0.3, -0.25) is 14.5 Å². The third-order valence-corrected chi connectivity index (χ3v) is 7.39. The van der Waals surface area contributed by atoms with E-state index in [-0.39, 0.29) is 18.4 Å². The summed E-state index contributed by atoms with van der Waals surface area (Å²) in [5.74, 6) is 0.285. The number of carbonyl (C=O) groups is 2.